The summed E-state index contributed by atoms with van der Waals surface area (Å²) in [6.07, 6.45) is 1.90. The van der Waals surface area contributed by atoms with E-state index < -0.39 is 11.7 Å². The van der Waals surface area contributed by atoms with Crippen LogP contribution in [0.15, 0.2) is 16.6 Å². The molecule has 0 aromatic heterocycles. The van der Waals surface area contributed by atoms with Gasteiger partial charge in [-0.1, -0.05) is 15.9 Å². The molecule has 1 atom stereocenters. The number of halogens is 2. The second-order valence-corrected chi connectivity index (χ2v) is 6.45. The molecule has 1 unspecified atom stereocenters. The van der Waals surface area contributed by atoms with Crippen LogP contribution in [0.3, 0.4) is 0 Å². The van der Waals surface area contributed by atoms with Crippen LogP contribution in [-0.4, -0.2) is 31.4 Å². The van der Waals surface area contributed by atoms with Crippen LogP contribution in [-0.2, 0) is 4.79 Å². The first-order valence-electron chi connectivity index (χ1n) is 7.16. The van der Waals surface area contributed by atoms with Crippen molar-refractivity contribution < 1.29 is 14.0 Å². The fraction of sp³-hybridized carbons (Fsp3) is 0.467. The van der Waals surface area contributed by atoms with Crippen LogP contribution >= 0.6 is 15.9 Å². The Balaban J connectivity index is 2.23. The maximum atomic E-state index is 14.1. The zero-order valence-electron chi connectivity index (χ0n) is 12.4. The number of nitrogens with zero attached hydrogens (tertiary/aromatic N) is 1. The van der Waals surface area contributed by atoms with Crippen molar-refractivity contribution in [2.75, 3.05) is 24.5 Å². The van der Waals surface area contributed by atoms with Gasteiger partial charge in [0.2, 0.25) is 5.91 Å². The van der Waals surface area contributed by atoms with Crippen molar-refractivity contribution in [3.63, 3.8) is 0 Å². The number of nitrogens with one attached hydrogen (secondary N) is 1. The molecule has 0 saturated carbocycles. The molecule has 1 aromatic rings. The van der Waals surface area contributed by atoms with Crippen molar-refractivity contribution in [2.45, 2.75) is 19.8 Å². The van der Waals surface area contributed by atoms with Crippen molar-refractivity contribution in [3.8, 4) is 0 Å². The number of primary amides is 1. The second kappa shape index (κ2) is 7.09. The maximum Gasteiger partial charge on any atom is 0.253 e. The summed E-state index contributed by atoms with van der Waals surface area (Å²) in [5.74, 6) is -1.20. The maximum absolute atomic E-state index is 14.1. The van der Waals surface area contributed by atoms with Gasteiger partial charge in [-0.2, -0.15) is 0 Å². The molecule has 2 rings (SSSR count). The van der Waals surface area contributed by atoms with Gasteiger partial charge < -0.3 is 16.0 Å². The lowest BCUT2D eigenvalue weighted by molar-refractivity contribution is -0.119. The molecule has 7 heteroatoms. The molecule has 0 aliphatic carbocycles. The Morgan fingerprint density at radius 2 is 2.23 bits per heavy atom. The molecular formula is C15H19BrFN3O2. The molecule has 2 amide bonds. The van der Waals surface area contributed by atoms with E-state index in [1.54, 1.807) is 6.07 Å². The first-order chi connectivity index (χ1) is 10.4. The monoisotopic (exact) mass is 371 g/mol. The summed E-state index contributed by atoms with van der Waals surface area (Å²) < 4.78 is 14.6. The fourth-order valence-corrected chi connectivity index (χ4v) is 3.21. The van der Waals surface area contributed by atoms with Gasteiger partial charge in [0.25, 0.3) is 5.91 Å². The fourth-order valence-electron chi connectivity index (χ4n) is 2.79. The van der Waals surface area contributed by atoms with E-state index in [-0.39, 0.29) is 17.4 Å². The van der Waals surface area contributed by atoms with E-state index >= 15 is 0 Å². The Hall–Kier alpha value is -1.63. The van der Waals surface area contributed by atoms with E-state index in [2.05, 4.69) is 21.2 Å². The number of piperidine rings is 1. The van der Waals surface area contributed by atoms with Gasteiger partial charge in [-0.05, 0) is 30.9 Å². The van der Waals surface area contributed by atoms with Crippen LogP contribution in [0.1, 0.15) is 30.1 Å². The Morgan fingerprint density at radius 1 is 1.50 bits per heavy atom. The van der Waals surface area contributed by atoms with E-state index in [0.717, 1.165) is 19.4 Å². The van der Waals surface area contributed by atoms with Crippen LogP contribution in [0.5, 0.6) is 0 Å². The van der Waals surface area contributed by atoms with E-state index in [1.165, 1.54) is 13.0 Å². The van der Waals surface area contributed by atoms with Gasteiger partial charge in [0.1, 0.15) is 5.82 Å². The summed E-state index contributed by atoms with van der Waals surface area (Å²) in [7, 11) is 0. The van der Waals surface area contributed by atoms with Gasteiger partial charge >= 0.3 is 0 Å². The molecule has 1 aliphatic rings. The van der Waals surface area contributed by atoms with Crippen LogP contribution in [0.4, 0.5) is 10.1 Å². The number of carbonyl (C=O) groups excluding carboxylic acids is 2. The molecule has 22 heavy (non-hydrogen) atoms. The molecule has 0 radical (unpaired) electrons. The van der Waals surface area contributed by atoms with Gasteiger partial charge in [-0.3, -0.25) is 9.59 Å². The Labute approximate surface area is 137 Å². The minimum absolute atomic E-state index is 0.0663. The Kier molecular flexibility index (Phi) is 5.39. The third-order valence-electron chi connectivity index (χ3n) is 3.78. The summed E-state index contributed by atoms with van der Waals surface area (Å²) in [5, 5.41) is 2.81. The lowest BCUT2D eigenvalue weighted by Crippen LogP contribution is -2.41. The van der Waals surface area contributed by atoms with Crippen molar-refractivity contribution in [1.29, 1.82) is 0 Å². The molecular weight excluding hydrogens is 353 g/mol. The molecule has 1 saturated heterocycles. The molecule has 0 spiro atoms. The standard InChI is InChI=1S/C15H19BrFN3O2/c1-9(21)19-7-10-3-2-4-20(8-10)13-6-11(16)5-12(17)14(13)15(18)22/h5-6,10H,2-4,7-8H2,1H3,(H2,18,22)(H,19,21). The molecule has 1 heterocycles. The van der Waals surface area contributed by atoms with E-state index in [1.807, 2.05) is 4.90 Å². The number of nitrogens with two attached hydrogens (primary N) is 1. The summed E-state index contributed by atoms with van der Waals surface area (Å²) >= 11 is 3.25. The predicted molar refractivity (Wildman–Crippen MR) is 86.2 cm³/mol. The Bertz CT molecular complexity index is 594. The zero-order chi connectivity index (χ0) is 16.3. The van der Waals surface area contributed by atoms with Crippen molar-refractivity contribution in [1.82, 2.24) is 5.32 Å². The lowest BCUT2D eigenvalue weighted by Gasteiger charge is -2.35. The normalized spacial score (nSPS) is 18.1. The molecule has 5 nitrogen and oxygen atoms in total. The molecule has 0 bridgehead atoms. The van der Waals surface area contributed by atoms with Gasteiger partial charge in [-0.15, -0.1) is 0 Å². The number of hydrogen-bond donors (Lipinski definition) is 2. The predicted octanol–water partition coefficient (Wildman–Crippen LogP) is 2.04. The second-order valence-electron chi connectivity index (χ2n) is 5.54. The highest BCUT2D eigenvalue weighted by Gasteiger charge is 2.25. The molecule has 1 aromatic carbocycles. The number of benzene rings is 1. The Morgan fingerprint density at radius 3 is 2.86 bits per heavy atom. The van der Waals surface area contributed by atoms with E-state index in [9.17, 15) is 14.0 Å². The van der Waals surface area contributed by atoms with E-state index in [0.29, 0.717) is 23.2 Å². The molecule has 1 aliphatic heterocycles. The number of anilines is 1. The van der Waals surface area contributed by atoms with E-state index in [4.69, 9.17) is 5.73 Å². The number of amides is 2. The number of hydrogen-bond acceptors (Lipinski definition) is 3. The molecule has 1 fully saturated rings. The van der Waals surface area contributed by atoms with Crippen molar-refractivity contribution >= 4 is 33.4 Å². The van der Waals surface area contributed by atoms with Gasteiger partial charge in [0, 0.05) is 31.0 Å². The highest BCUT2D eigenvalue weighted by Crippen LogP contribution is 2.31. The van der Waals surface area contributed by atoms with Crippen LogP contribution in [0.2, 0.25) is 0 Å². The smallest absolute Gasteiger partial charge is 0.253 e. The van der Waals surface area contributed by atoms with Crippen molar-refractivity contribution in [2.24, 2.45) is 11.7 Å². The van der Waals surface area contributed by atoms with Crippen LogP contribution < -0.4 is 16.0 Å². The van der Waals surface area contributed by atoms with Gasteiger partial charge in [0.15, 0.2) is 0 Å². The highest BCUT2D eigenvalue weighted by molar-refractivity contribution is 9.10. The third-order valence-corrected chi connectivity index (χ3v) is 4.24. The zero-order valence-corrected chi connectivity index (χ0v) is 14.0. The van der Waals surface area contributed by atoms with Crippen LogP contribution in [0, 0.1) is 11.7 Å². The highest BCUT2D eigenvalue weighted by atomic mass is 79.9. The first kappa shape index (κ1) is 16.7. The minimum atomic E-state index is -0.774. The number of rotatable bonds is 4. The third kappa shape index (κ3) is 3.97. The summed E-state index contributed by atoms with van der Waals surface area (Å²) in [4.78, 5) is 24.6. The molecule has 3 N–H and O–H groups in total. The van der Waals surface area contributed by atoms with Gasteiger partial charge in [-0.25, -0.2) is 4.39 Å². The number of carbonyl (C=O) groups is 2. The van der Waals surface area contributed by atoms with Gasteiger partial charge in [0.05, 0.1) is 11.3 Å². The van der Waals surface area contributed by atoms with Crippen molar-refractivity contribution in [3.05, 3.63) is 28.0 Å². The van der Waals surface area contributed by atoms with Crippen LogP contribution in [0.25, 0.3) is 0 Å². The topological polar surface area (TPSA) is 75.4 Å². The minimum Gasteiger partial charge on any atom is -0.370 e. The summed E-state index contributed by atoms with van der Waals surface area (Å²) in [6.45, 7) is 3.44. The SMILES string of the molecule is CC(=O)NCC1CCCN(c2cc(Br)cc(F)c2C(N)=O)C1. The molecule has 120 valence electrons. The summed E-state index contributed by atoms with van der Waals surface area (Å²) in [5.41, 5.74) is 5.75. The first-order valence-corrected chi connectivity index (χ1v) is 7.96. The average molecular weight is 372 g/mol. The largest absolute Gasteiger partial charge is 0.370 e. The average Bonchev–Trinajstić information content (AvgIpc) is 2.44. The quantitative estimate of drug-likeness (QED) is 0.850. The summed E-state index contributed by atoms with van der Waals surface area (Å²) in [6, 6.07) is 2.95. The lowest BCUT2D eigenvalue weighted by atomic mass is 9.96.